The fourth-order valence-corrected chi connectivity index (χ4v) is 4.68. The van der Waals surface area contributed by atoms with Crippen LogP contribution in [-0.4, -0.2) is 33.8 Å². The monoisotopic (exact) mass is 448 g/mol. The first-order valence-electron chi connectivity index (χ1n) is 10.8. The summed E-state index contributed by atoms with van der Waals surface area (Å²) < 4.78 is 0. The van der Waals surface area contributed by atoms with E-state index in [1.165, 1.54) is 21.8 Å². The second-order valence-electron chi connectivity index (χ2n) is 9.07. The zero-order chi connectivity index (χ0) is 22.7. The third-order valence-corrected chi connectivity index (χ3v) is 6.18. The Balaban J connectivity index is 1.37. The van der Waals surface area contributed by atoms with Crippen LogP contribution < -0.4 is 10.6 Å². The van der Waals surface area contributed by atoms with Gasteiger partial charge in [0.25, 0.3) is 11.8 Å². The molecule has 0 bridgehead atoms. The molecule has 0 spiro atoms. The summed E-state index contributed by atoms with van der Waals surface area (Å²) in [7, 11) is 0. The van der Waals surface area contributed by atoms with Crippen LogP contribution in [-0.2, 0) is 19.5 Å². The highest BCUT2D eigenvalue weighted by molar-refractivity contribution is 7.15. The van der Waals surface area contributed by atoms with Crippen LogP contribution in [0.15, 0.2) is 54.6 Å². The van der Waals surface area contributed by atoms with Crippen molar-refractivity contribution in [2.24, 2.45) is 0 Å². The minimum absolute atomic E-state index is 0.155. The van der Waals surface area contributed by atoms with Crippen LogP contribution >= 0.6 is 11.3 Å². The van der Waals surface area contributed by atoms with Crippen LogP contribution in [0.25, 0.3) is 0 Å². The van der Waals surface area contributed by atoms with E-state index in [0.717, 1.165) is 31.7 Å². The van der Waals surface area contributed by atoms with Crippen molar-refractivity contribution in [2.45, 2.75) is 45.8 Å². The van der Waals surface area contributed by atoms with E-state index in [4.69, 9.17) is 0 Å². The van der Waals surface area contributed by atoms with E-state index in [-0.39, 0.29) is 17.4 Å². The van der Waals surface area contributed by atoms with Gasteiger partial charge < -0.3 is 5.32 Å². The predicted molar refractivity (Wildman–Crippen MR) is 128 cm³/mol. The number of aromatic nitrogens is 1. The number of hydrogen-bond acceptors (Lipinski definition) is 5. The molecule has 0 radical (unpaired) electrons. The van der Waals surface area contributed by atoms with Crippen molar-refractivity contribution >= 4 is 28.3 Å². The number of amides is 2. The Morgan fingerprint density at radius 3 is 2.31 bits per heavy atom. The molecule has 1 aromatic heterocycles. The molecule has 4 rings (SSSR count). The zero-order valence-corrected chi connectivity index (χ0v) is 19.5. The van der Waals surface area contributed by atoms with Crippen LogP contribution in [0.5, 0.6) is 0 Å². The maximum absolute atomic E-state index is 12.7. The molecule has 1 aliphatic rings. The largest absolute Gasteiger partial charge is 0.347 e. The molecule has 2 aromatic carbocycles. The number of carbonyl (C=O) groups is 2. The maximum atomic E-state index is 12.7. The number of nitrogens with one attached hydrogen (secondary N) is 2. The van der Waals surface area contributed by atoms with Gasteiger partial charge >= 0.3 is 0 Å². The number of carbonyl (C=O) groups excluding carboxylic acids is 2. The van der Waals surface area contributed by atoms with Crippen LogP contribution in [0.3, 0.4) is 0 Å². The van der Waals surface area contributed by atoms with Gasteiger partial charge in [0.2, 0.25) is 0 Å². The highest BCUT2D eigenvalue weighted by atomic mass is 32.1. The van der Waals surface area contributed by atoms with Gasteiger partial charge in [-0.25, -0.2) is 4.98 Å². The summed E-state index contributed by atoms with van der Waals surface area (Å²) in [5, 5.41) is 6.46. The number of hydrogen-bond donors (Lipinski definition) is 2. The number of rotatable bonds is 5. The lowest BCUT2D eigenvalue weighted by Crippen LogP contribution is -2.40. The summed E-state index contributed by atoms with van der Waals surface area (Å²) in [6.45, 7) is 8.51. The summed E-state index contributed by atoms with van der Waals surface area (Å²) in [4.78, 5) is 33.2. The van der Waals surface area contributed by atoms with Gasteiger partial charge in [-0.15, -0.1) is 11.3 Å². The number of benzene rings is 2. The number of fused-ring (bicyclic) bond motifs is 1. The Morgan fingerprint density at radius 2 is 1.66 bits per heavy atom. The summed E-state index contributed by atoms with van der Waals surface area (Å²) >= 11 is 1.54. The van der Waals surface area contributed by atoms with E-state index in [9.17, 15) is 9.59 Å². The molecular formula is C25H28N4O2S. The van der Waals surface area contributed by atoms with Crippen molar-refractivity contribution in [3.05, 3.63) is 81.9 Å². The molecule has 2 heterocycles. The first-order valence-corrected chi connectivity index (χ1v) is 11.6. The molecule has 0 saturated carbocycles. The molecule has 0 atom stereocenters. The normalized spacial score (nSPS) is 14.0. The molecule has 2 N–H and O–H groups in total. The smallest absolute Gasteiger partial charge is 0.257 e. The van der Waals surface area contributed by atoms with E-state index < -0.39 is 0 Å². The number of thiazole rings is 1. The molecule has 32 heavy (non-hydrogen) atoms. The average molecular weight is 449 g/mol. The standard InChI is InChI=1S/C25H28N4O2S/c1-25(2,3)28-23(31)19-11-9-18(10-12-19)22(30)27-24-26-20-13-14-29(16-21(20)32-24)15-17-7-5-4-6-8-17/h4-12H,13-16H2,1-3H3,(H,28,31)(H,26,27,30). The molecule has 166 valence electrons. The fourth-order valence-electron chi connectivity index (χ4n) is 3.63. The van der Waals surface area contributed by atoms with Crippen molar-refractivity contribution in [1.82, 2.24) is 15.2 Å². The van der Waals surface area contributed by atoms with Gasteiger partial charge in [0.1, 0.15) is 0 Å². The summed E-state index contributed by atoms with van der Waals surface area (Å²) in [5.74, 6) is -0.378. The van der Waals surface area contributed by atoms with E-state index in [1.54, 1.807) is 24.3 Å². The molecule has 3 aromatic rings. The quantitative estimate of drug-likeness (QED) is 0.603. The van der Waals surface area contributed by atoms with Gasteiger partial charge in [-0.3, -0.25) is 19.8 Å². The van der Waals surface area contributed by atoms with Crippen molar-refractivity contribution in [2.75, 3.05) is 11.9 Å². The number of nitrogens with zero attached hydrogens (tertiary/aromatic N) is 2. The second-order valence-corrected chi connectivity index (χ2v) is 10.2. The molecule has 2 amide bonds. The van der Waals surface area contributed by atoms with E-state index in [0.29, 0.717) is 16.3 Å². The van der Waals surface area contributed by atoms with Crippen LogP contribution in [0.4, 0.5) is 5.13 Å². The SMILES string of the molecule is CC(C)(C)NC(=O)c1ccc(C(=O)Nc2nc3c(s2)CN(Cc2ccccc2)CC3)cc1. The van der Waals surface area contributed by atoms with Crippen molar-refractivity contribution in [3.8, 4) is 0 Å². The molecule has 6 nitrogen and oxygen atoms in total. The zero-order valence-electron chi connectivity index (χ0n) is 18.6. The van der Waals surface area contributed by atoms with Crippen LogP contribution in [0.2, 0.25) is 0 Å². The van der Waals surface area contributed by atoms with Crippen molar-refractivity contribution in [3.63, 3.8) is 0 Å². The molecule has 1 aliphatic heterocycles. The highest BCUT2D eigenvalue weighted by Crippen LogP contribution is 2.29. The fraction of sp³-hybridized carbons (Fsp3) is 0.320. The third kappa shape index (κ3) is 5.60. The molecule has 0 saturated heterocycles. The molecule has 7 heteroatoms. The first kappa shape index (κ1) is 22.2. The summed E-state index contributed by atoms with van der Waals surface area (Å²) in [6.07, 6.45) is 0.881. The molecular weight excluding hydrogens is 420 g/mol. The molecule has 0 fully saturated rings. The van der Waals surface area contributed by atoms with Crippen molar-refractivity contribution < 1.29 is 9.59 Å². The molecule has 0 aliphatic carbocycles. The van der Waals surface area contributed by atoms with Crippen LogP contribution in [0.1, 0.15) is 57.6 Å². The van der Waals surface area contributed by atoms with Gasteiger partial charge in [0.05, 0.1) is 5.69 Å². The van der Waals surface area contributed by atoms with Gasteiger partial charge in [0, 0.05) is 47.6 Å². The second kappa shape index (κ2) is 9.22. The van der Waals surface area contributed by atoms with E-state index >= 15 is 0 Å². The highest BCUT2D eigenvalue weighted by Gasteiger charge is 2.22. The lowest BCUT2D eigenvalue weighted by atomic mass is 10.1. The average Bonchev–Trinajstić information content (AvgIpc) is 3.15. The first-order chi connectivity index (χ1) is 15.3. The topological polar surface area (TPSA) is 74.3 Å². The van der Waals surface area contributed by atoms with E-state index in [2.05, 4.69) is 44.8 Å². The lowest BCUT2D eigenvalue weighted by Gasteiger charge is -2.25. The minimum atomic E-state index is -0.312. The minimum Gasteiger partial charge on any atom is -0.347 e. The van der Waals surface area contributed by atoms with Gasteiger partial charge in [0.15, 0.2) is 5.13 Å². The van der Waals surface area contributed by atoms with Gasteiger partial charge in [-0.1, -0.05) is 30.3 Å². The maximum Gasteiger partial charge on any atom is 0.257 e. The summed E-state index contributed by atoms with van der Waals surface area (Å²) in [6, 6.07) is 17.1. The van der Waals surface area contributed by atoms with Gasteiger partial charge in [-0.2, -0.15) is 0 Å². The Labute approximate surface area is 192 Å². The number of anilines is 1. The Kier molecular flexibility index (Phi) is 6.39. The van der Waals surface area contributed by atoms with Crippen LogP contribution in [0, 0.1) is 0 Å². The van der Waals surface area contributed by atoms with Gasteiger partial charge in [-0.05, 0) is 50.6 Å². The molecule has 0 unspecified atom stereocenters. The predicted octanol–water partition coefficient (Wildman–Crippen LogP) is 4.48. The summed E-state index contributed by atoms with van der Waals surface area (Å²) in [5.41, 5.74) is 3.08. The third-order valence-electron chi connectivity index (χ3n) is 5.18. The Morgan fingerprint density at radius 1 is 1.00 bits per heavy atom. The lowest BCUT2D eigenvalue weighted by molar-refractivity contribution is 0.0918. The Hall–Kier alpha value is -3.03. The van der Waals surface area contributed by atoms with E-state index in [1.807, 2.05) is 26.8 Å². The Bertz CT molecular complexity index is 1100. The van der Waals surface area contributed by atoms with Crippen molar-refractivity contribution in [1.29, 1.82) is 0 Å².